The van der Waals surface area contributed by atoms with Crippen LogP contribution in [-0.2, 0) is 4.79 Å². The number of carbonyl (C=O) groups excluding carboxylic acids is 1. The Morgan fingerprint density at radius 3 is 2.29 bits per heavy atom. The molecule has 106 valence electrons. The van der Waals surface area contributed by atoms with Crippen LogP contribution in [-0.4, -0.2) is 15.7 Å². The zero-order valence-electron chi connectivity index (χ0n) is 11.8. The molecule has 1 aromatic heterocycles. The third-order valence-corrected chi connectivity index (χ3v) is 3.05. The minimum atomic E-state index is -0.479. The van der Waals surface area contributed by atoms with Gasteiger partial charge in [-0.05, 0) is 49.8 Å². The summed E-state index contributed by atoms with van der Waals surface area (Å²) in [5.74, 6) is -0.346. The normalized spacial score (nSPS) is 11.0. The number of nitriles is 1. The largest absolute Gasteiger partial charge is 0.508 e. The van der Waals surface area contributed by atoms with Gasteiger partial charge in [0.2, 0.25) is 0 Å². The summed E-state index contributed by atoms with van der Waals surface area (Å²) in [6.07, 6.45) is 1.48. The van der Waals surface area contributed by atoms with Crippen LogP contribution in [0.25, 0.3) is 6.08 Å². The van der Waals surface area contributed by atoms with Gasteiger partial charge in [-0.3, -0.25) is 14.9 Å². The summed E-state index contributed by atoms with van der Waals surface area (Å²) in [5, 5.41) is 18.4. The van der Waals surface area contributed by atoms with Crippen LogP contribution in [0.3, 0.4) is 0 Å². The van der Waals surface area contributed by atoms with Gasteiger partial charge in [0.15, 0.2) is 0 Å². The number of carbonyl (C=O) groups is 1. The molecule has 2 N–H and O–H groups in total. The van der Waals surface area contributed by atoms with E-state index in [1.165, 1.54) is 18.2 Å². The highest BCUT2D eigenvalue weighted by Crippen LogP contribution is 2.13. The smallest absolute Gasteiger partial charge is 0.280 e. The molecule has 0 fully saturated rings. The maximum absolute atomic E-state index is 12.1. The highest BCUT2D eigenvalue weighted by molar-refractivity contribution is 6.06. The third-order valence-electron chi connectivity index (χ3n) is 3.05. The molecule has 0 saturated carbocycles. The molecule has 0 aliphatic carbocycles. The first-order valence-corrected chi connectivity index (χ1v) is 6.38. The van der Waals surface area contributed by atoms with Crippen molar-refractivity contribution in [3.8, 4) is 11.8 Å². The predicted molar refractivity (Wildman–Crippen MR) is 80.0 cm³/mol. The Hall–Kier alpha value is -3.00. The number of nitrogens with one attached hydrogen (secondary N) is 1. The zero-order chi connectivity index (χ0) is 15.4. The molecule has 21 heavy (non-hydrogen) atoms. The van der Waals surface area contributed by atoms with Crippen molar-refractivity contribution in [2.45, 2.75) is 13.8 Å². The van der Waals surface area contributed by atoms with E-state index < -0.39 is 5.91 Å². The van der Waals surface area contributed by atoms with Gasteiger partial charge < -0.3 is 5.11 Å². The number of amides is 1. The second-order valence-electron chi connectivity index (χ2n) is 4.65. The number of aryl methyl sites for hydroxylation is 2. The number of phenols is 1. The van der Waals surface area contributed by atoms with Gasteiger partial charge in [0.1, 0.15) is 17.4 Å². The van der Waals surface area contributed by atoms with Crippen LogP contribution < -0.4 is 5.43 Å². The van der Waals surface area contributed by atoms with Crippen LogP contribution in [0.5, 0.6) is 5.75 Å². The lowest BCUT2D eigenvalue weighted by atomic mass is 10.1. The highest BCUT2D eigenvalue weighted by Gasteiger charge is 2.11. The van der Waals surface area contributed by atoms with Gasteiger partial charge in [0.05, 0.1) is 0 Å². The van der Waals surface area contributed by atoms with Gasteiger partial charge in [0.25, 0.3) is 5.91 Å². The van der Waals surface area contributed by atoms with E-state index in [1.54, 1.807) is 16.8 Å². The van der Waals surface area contributed by atoms with E-state index in [-0.39, 0.29) is 11.3 Å². The van der Waals surface area contributed by atoms with Crippen LogP contribution in [0, 0.1) is 25.2 Å². The SMILES string of the molecule is Cc1ccc(C)n1NC(=O)/C(C#N)=C\c1ccc(O)cc1. The van der Waals surface area contributed by atoms with E-state index >= 15 is 0 Å². The van der Waals surface area contributed by atoms with Crippen molar-refractivity contribution in [2.75, 3.05) is 5.43 Å². The van der Waals surface area contributed by atoms with Gasteiger partial charge in [-0.15, -0.1) is 0 Å². The molecule has 0 saturated heterocycles. The average Bonchev–Trinajstić information content (AvgIpc) is 2.78. The van der Waals surface area contributed by atoms with E-state index in [0.29, 0.717) is 5.56 Å². The molecular formula is C16H15N3O2. The van der Waals surface area contributed by atoms with Gasteiger partial charge >= 0.3 is 0 Å². The van der Waals surface area contributed by atoms with Gasteiger partial charge in [-0.25, -0.2) is 0 Å². The molecule has 1 heterocycles. The molecular weight excluding hydrogens is 266 g/mol. The summed E-state index contributed by atoms with van der Waals surface area (Å²) < 4.78 is 1.63. The first-order valence-electron chi connectivity index (χ1n) is 6.38. The zero-order valence-corrected chi connectivity index (χ0v) is 11.8. The lowest BCUT2D eigenvalue weighted by Crippen LogP contribution is -2.25. The quantitative estimate of drug-likeness (QED) is 0.670. The summed E-state index contributed by atoms with van der Waals surface area (Å²) in [4.78, 5) is 12.1. The minimum absolute atomic E-state index is 0.00631. The molecule has 5 heteroatoms. The molecule has 0 aliphatic rings. The standard InChI is InChI=1S/C16H15N3O2/c1-11-3-4-12(2)19(11)18-16(21)14(10-17)9-13-5-7-15(20)8-6-13/h3-9,20H,1-2H3,(H,18,21)/b14-9-. The van der Waals surface area contributed by atoms with E-state index in [4.69, 9.17) is 5.26 Å². The number of rotatable bonds is 3. The summed E-state index contributed by atoms with van der Waals surface area (Å²) >= 11 is 0. The topological polar surface area (TPSA) is 78.0 Å². The molecule has 1 aromatic carbocycles. The Labute approximate surface area is 122 Å². The van der Waals surface area contributed by atoms with Gasteiger partial charge in [-0.2, -0.15) is 5.26 Å². The number of benzene rings is 1. The molecule has 0 unspecified atom stereocenters. The van der Waals surface area contributed by atoms with Crippen LogP contribution >= 0.6 is 0 Å². The molecule has 0 atom stereocenters. The third kappa shape index (κ3) is 3.31. The second-order valence-corrected chi connectivity index (χ2v) is 4.65. The molecule has 0 bridgehead atoms. The number of aromatic hydroxyl groups is 1. The summed E-state index contributed by atoms with van der Waals surface area (Å²) in [5.41, 5.74) is 5.09. The van der Waals surface area contributed by atoms with E-state index in [9.17, 15) is 9.90 Å². The summed E-state index contributed by atoms with van der Waals surface area (Å²) in [6, 6.07) is 11.9. The van der Waals surface area contributed by atoms with Crippen molar-refractivity contribution < 1.29 is 9.90 Å². The van der Waals surface area contributed by atoms with Crippen LogP contribution in [0.2, 0.25) is 0 Å². The lowest BCUT2D eigenvalue weighted by molar-refractivity contribution is -0.113. The maximum Gasteiger partial charge on any atom is 0.280 e. The van der Waals surface area contributed by atoms with Gasteiger partial charge in [-0.1, -0.05) is 12.1 Å². The van der Waals surface area contributed by atoms with Crippen molar-refractivity contribution in [1.82, 2.24) is 4.68 Å². The highest BCUT2D eigenvalue weighted by atomic mass is 16.3. The predicted octanol–water partition coefficient (Wildman–Crippen LogP) is 2.49. The van der Waals surface area contributed by atoms with Crippen LogP contribution in [0.1, 0.15) is 17.0 Å². The number of aromatic nitrogens is 1. The van der Waals surface area contributed by atoms with Crippen LogP contribution in [0.15, 0.2) is 42.0 Å². The average molecular weight is 281 g/mol. The van der Waals surface area contributed by atoms with Crippen molar-refractivity contribution in [3.05, 3.63) is 58.9 Å². The van der Waals surface area contributed by atoms with E-state index in [0.717, 1.165) is 11.4 Å². The minimum Gasteiger partial charge on any atom is -0.508 e. The molecule has 0 spiro atoms. The first kappa shape index (κ1) is 14.4. The summed E-state index contributed by atoms with van der Waals surface area (Å²) in [6.45, 7) is 3.73. The van der Waals surface area contributed by atoms with Crippen molar-refractivity contribution in [3.63, 3.8) is 0 Å². The fraction of sp³-hybridized carbons (Fsp3) is 0.125. The Kier molecular flexibility index (Phi) is 4.10. The Bertz CT molecular complexity index is 714. The molecule has 5 nitrogen and oxygen atoms in total. The number of hydrogen-bond acceptors (Lipinski definition) is 3. The fourth-order valence-electron chi connectivity index (χ4n) is 1.89. The second kappa shape index (κ2) is 5.97. The number of phenolic OH excluding ortho intramolecular Hbond substituents is 1. The Balaban J connectivity index is 2.23. The monoisotopic (exact) mass is 281 g/mol. The molecule has 0 aliphatic heterocycles. The first-order chi connectivity index (χ1) is 10.0. The fourth-order valence-corrected chi connectivity index (χ4v) is 1.89. The Morgan fingerprint density at radius 2 is 1.76 bits per heavy atom. The van der Waals surface area contributed by atoms with Crippen molar-refractivity contribution in [1.29, 1.82) is 5.26 Å². The molecule has 2 aromatic rings. The van der Waals surface area contributed by atoms with Crippen LogP contribution in [0.4, 0.5) is 0 Å². The van der Waals surface area contributed by atoms with E-state index in [2.05, 4.69) is 5.43 Å². The van der Waals surface area contributed by atoms with Crippen molar-refractivity contribution >= 4 is 12.0 Å². The van der Waals surface area contributed by atoms with Gasteiger partial charge in [0, 0.05) is 11.4 Å². The molecule has 1 amide bonds. The summed E-state index contributed by atoms with van der Waals surface area (Å²) in [7, 11) is 0. The maximum atomic E-state index is 12.1. The number of nitrogens with zero attached hydrogens (tertiary/aromatic N) is 2. The lowest BCUT2D eigenvalue weighted by Gasteiger charge is -2.10. The molecule has 2 rings (SSSR count). The molecule has 0 radical (unpaired) electrons. The van der Waals surface area contributed by atoms with Crippen molar-refractivity contribution in [2.24, 2.45) is 0 Å². The number of hydrogen-bond donors (Lipinski definition) is 2. The van der Waals surface area contributed by atoms with E-state index in [1.807, 2.05) is 32.0 Å². The Morgan fingerprint density at radius 1 is 1.19 bits per heavy atom.